The molecule has 0 spiro atoms. The molecule has 1 N–H and O–H groups in total. The van der Waals surface area contributed by atoms with Crippen LogP contribution >= 0.6 is 0 Å². The molecule has 0 amide bonds. The maximum atomic E-state index is 10.5. The van der Waals surface area contributed by atoms with Gasteiger partial charge in [-0.1, -0.05) is 139 Å². The van der Waals surface area contributed by atoms with Gasteiger partial charge in [0.25, 0.3) is 0 Å². The molecule has 222 valence electrons. The second-order valence-corrected chi connectivity index (χ2v) is 12.4. The highest BCUT2D eigenvalue weighted by Crippen LogP contribution is 2.30. The van der Waals surface area contributed by atoms with E-state index in [1.807, 2.05) is 26.0 Å². The van der Waals surface area contributed by atoms with Gasteiger partial charge in [-0.05, 0) is 56.0 Å². The van der Waals surface area contributed by atoms with E-state index in [0.717, 1.165) is 44.7 Å². The molecule has 0 atom stereocenters. The van der Waals surface area contributed by atoms with Crippen LogP contribution in [0.2, 0.25) is 0 Å². The molecule has 45 heavy (non-hydrogen) atoms. The van der Waals surface area contributed by atoms with Gasteiger partial charge in [0, 0.05) is 16.7 Å². The number of hydrogen-bond donors (Lipinski definition) is 1. The van der Waals surface area contributed by atoms with Crippen LogP contribution in [0.1, 0.15) is 27.7 Å². The van der Waals surface area contributed by atoms with Crippen molar-refractivity contribution in [3.8, 4) is 56.2 Å². The molecule has 0 aliphatic rings. The third kappa shape index (κ3) is 6.96. The zero-order valence-corrected chi connectivity index (χ0v) is 26.2. The molecule has 0 saturated heterocycles. The molecule has 0 aliphatic heterocycles. The lowest BCUT2D eigenvalue weighted by molar-refractivity contribution is -0.0893. The molecule has 5 aromatic carbocycles. The van der Waals surface area contributed by atoms with E-state index in [1.165, 1.54) is 11.1 Å². The Kier molecular flexibility index (Phi) is 8.49. The van der Waals surface area contributed by atoms with E-state index in [-0.39, 0.29) is 0 Å². The topological polar surface area (TPSA) is 55.2 Å². The van der Waals surface area contributed by atoms with Gasteiger partial charge in [-0.25, -0.2) is 9.97 Å². The van der Waals surface area contributed by atoms with E-state index in [1.54, 1.807) is 13.8 Å². The summed E-state index contributed by atoms with van der Waals surface area (Å²) in [5, 5.41) is 10.5. The number of aliphatic hydroxyl groups is 1. The molecule has 0 unspecified atom stereocenters. The SMILES string of the molecule is CC(C)(O)C(C)(C)OBc1ccc(-c2cc(-c3ccc(-c4ccccc4)cc3)nc(-c3ccc(-c4ccccc4)cc3)n2)cc1. The Balaban J connectivity index is 1.34. The summed E-state index contributed by atoms with van der Waals surface area (Å²) in [5.74, 6) is 0.675. The zero-order chi connectivity index (χ0) is 31.4. The summed E-state index contributed by atoms with van der Waals surface area (Å²) in [5.41, 5.74) is 8.73. The van der Waals surface area contributed by atoms with Crippen LogP contribution < -0.4 is 5.46 Å². The minimum atomic E-state index is -0.959. The summed E-state index contributed by atoms with van der Waals surface area (Å²) < 4.78 is 6.09. The molecular formula is C40H37BN2O2. The highest BCUT2D eigenvalue weighted by molar-refractivity contribution is 6.47. The first-order valence-electron chi connectivity index (χ1n) is 15.3. The van der Waals surface area contributed by atoms with Gasteiger partial charge in [0.15, 0.2) is 5.82 Å². The van der Waals surface area contributed by atoms with Crippen molar-refractivity contribution < 1.29 is 9.76 Å². The first-order valence-corrected chi connectivity index (χ1v) is 15.3. The minimum absolute atomic E-state index is 0.402. The standard InChI is InChI=1S/C40H37BN2O2/c1-39(2,44)40(3,4)45-41-35-25-23-33(24-26-35)37-27-36(32-19-15-30(16-20-32)28-11-7-5-8-12-28)42-38(43-37)34-21-17-31(18-22-34)29-13-9-6-10-14-29/h5-27,41,44H,1-4H3. The summed E-state index contributed by atoms with van der Waals surface area (Å²) in [6.07, 6.45) is 0. The summed E-state index contributed by atoms with van der Waals surface area (Å²) in [6, 6.07) is 48.0. The molecule has 1 heterocycles. The second kappa shape index (κ2) is 12.6. The summed E-state index contributed by atoms with van der Waals surface area (Å²) in [7, 11) is 0.402. The molecule has 1 aromatic heterocycles. The molecule has 4 nitrogen and oxygen atoms in total. The van der Waals surface area contributed by atoms with Crippen LogP contribution in [0, 0.1) is 0 Å². The molecule has 5 heteroatoms. The van der Waals surface area contributed by atoms with Gasteiger partial charge in [-0.3, -0.25) is 0 Å². The van der Waals surface area contributed by atoms with Gasteiger partial charge in [0.2, 0.25) is 0 Å². The maximum absolute atomic E-state index is 10.5. The largest absolute Gasteiger partial charge is 0.427 e. The summed E-state index contributed by atoms with van der Waals surface area (Å²) >= 11 is 0. The monoisotopic (exact) mass is 588 g/mol. The van der Waals surface area contributed by atoms with Gasteiger partial charge in [0.05, 0.1) is 22.6 Å². The van der Waals surface area contributed by atoms with Crippen LogP contribution in [0.5, 0.6) is 0 Å². The molecule has 0 aliphatic carbocycles. The fourth-order valence-corrected chi connectivity index (χ4v) is 4.99. The lowest BCUT2D eigenvalue weighted by Gasteiger charge is -2.37. The number of aromatic nitrogens is 2. The van der Waals surface area contributed by atoms with Crippen LogP contribution in [-0.4, -0.2) is 33.8 Å². The third-order valence-corrected chi connectivity index (χ3v) is 8.59. The number of rotatable bonds is 9. The second-order valence-electron chi connectivity index (χ2n) is 12.4. The van der Waals surface area contributed by atoms with Gasteiger partial charge < -0.3 is 9.76 Å². The lowest BCUT2D eigenvalue weighted by Crippen LogP contribution is -2.49. The van der Waals surface area contributed by atoms with Crippen molar-refractivity contribution in [2.75, 3.05) is 0 Å². The number of hydrogen-bond acceptors (Lipinski definition) is 4. The summed E-state index contributed by atoms with van der Waals surface area (Å²) in [6.45, 7) is 7.35. The predicted octanol–water partition coefficient (Wildman–Crippen LogP) is 8.35. The van der Waals surface area contributed by atoms with E-state index in [9.17, 15) is 5.11 Å². The van der Waals surface area contributed by atoms with E-state index in [4.69, 9.17) is 14.6 Å². The summed E-state index contributed by atoms with van der Waals surface area (Å²) in [4.78, 5) is 10.1. The van der Waals surface area contributed by atoms with Gasteiger partial charge in [0.1, 0.15) is 0 Å². The van der Waals surface area contributed by atoms with Crippen LogP contribution in [-0.2, 0) is 4.65 Å². The van der Waals surface area contributed by atoms with E-state index in [2.05, 4.69) is 127 Å². The van der Waals surface area contributed by atoms with Crippen molar-refractivity contribution in [2.45, 2.75) is 38.9 Å². The van der Waals surface area contributed by atoms with E-state index < -0.39 is 11.2 Å². The van der Waals surface area contributed by atoms with Gasteiger partial charge in [-0.15, -0.1) is 0 Å². The first-order chi connectivity index (χ1) is 21.7. The van der Waals surface area contributed by atoms with Crippen molar-refractivity contribution in [2.24, 2.45) is 0 Å². The number of benzene rings is 5. The zero-order valence-electron chi connectivity index (χ0n) is 26.2. The molecular weight excluding hydrogens is 551 g/mol. The molecule has 0 fully saturated rings. The Hall–Kier alpha value is -4.84. The van der Waals surface area contributed by atoms with Crippen molar-refractivity contribution in [3.63, 3.8) is 0 Å². The molecule has 0 saturated carbocycles. The van der Waals surface area contributed by atoms with E-state index in [0.29, 0.717) is 13.3 Å². The molecule has 6 aromatic rings. The van der Waals surface area contributed by atoms with Crippen LogP contribution in [0.25, 0.3) is 56.2 Å². The fraction of sp³-hybridized carbons (Fsp3) is 0.150. The fourth-order valence-electron chi connectivity index (χ4n) is 4.99. The van der Waals surface area contributed by atoms with Gasteiger partial charge >= 0.3 is 7.48 Å². The Labute approximate surface area is 266 Å². The van der Waals surface area contributed by atoms with Crippen molar-refractivity contribution in [1.29, 1.82) is 0 Å². The minimum Gasteiger partial charge on any atom is -0.427 e. The molecule has 0 radical (unpaired) electrons. The Morgan fingerprint density at radius 2 is 0.867 bits per heavy atom. The molecule has 6 rings (SSSR count). The van der Waals surface area contributed by atoms with Crippen molar-refractivity contribution >= 4 is 12.9 Å². The van der Waals surface area contributed by atoms with Crippen LogP contribution in [0.15, 0.2) is 140 Å². The first kappa shape index (κ1) is 30.2. The highest BCUT2D eigenvalue weighted by Gasteiger charge is 2.35. The van der Waals surface area contributed by atoms with Crippen molar-refractivity contribution in [3.05, 3.63) is 140 Å². The van der Waals surface area contributed by atoms with Crippen molar-refractivity contribution in [1.82, 2.24) is 9.97 Å². The van der Waals surface area contributed by atoms with Gasteiger partial charge in [-0.2, -0.15) is 0 Å². The smallest absolute Gasteiger partial charge is 0.309 e. The maximum Gasteiger partial charge on any atom is 0.309 e. The highest BCUT2D eigenvalue weighted by atomic mass is 16.5. The van der Waals surface area contributed by atoms with Crippen LogP contribution in [0.3, 0.4) is 0 Å². The Morgan fingerprint density at radius 1 is 0.489 bits per heavy atom. The van der Waals surface area contributed by atoms with E-state index >= 15 is 0 Å². The third-order valence-electron chi connectivity index (χ3n) is 8.59. The normalized spacial score (nSPS) is 11.8. The average molecular weight is 589 g/mol. The predicted molar refractivity (Wildman–Crippen MR) is 187 cm³/mol. The number of nitrogens with zero attached hydrogens (tertiary/aromatic N) is 2. The average Bonchev–Trinajstić information content (AvgIpc) is 3.08. The molecule has 0 bridgehead atoms. The Morgan fingerprint density at radius 3 is 1.31 bits per heavy atom. The van der Waals surface area contributed by atoms with Crippen LogP contribution in [0.4, 0.5) is 0 Å². The quantitative estimate of drug-likeness (QED) is 0.173. The Bertz CT molecular complexity index is 1760. The lowest BCUT2D eigenvalue weighted by atomic mass is 9.82.